The van der Waals surface area contributed by atoms with E-state index in [9.17, 15) is 9.18 Å². The van der Waals surface area contributed by atoms with Crippen molar-refractivity contribution in [2.75, 3.05) is 25.9 Å². The van der Waals surface area contributed by atoms with E-state index in [1.165, 1.54) is 6.07 Å². The summed E-state index contributed by atoms with van der Waals surface area (Å²) in [5, 5.41) is 3.42. The Morgan fingerprint density at radius 1 is 1.19 bits per heavy atom. The van der Waals surface area contributed by atoms with Crippen molar-refractivity contribution in [1.29, 1.82) is 0 Å². The summed E-state index contributed by atoms with van der Waals surface area (Å²) in [5.74, 6) is 0.568. The molecule has 2 aromatic rings. The fourth-order valence-corrected chi connectivity index (χ4v) is 4.63. The highest BCUT2D eigenvalue weighted by molar-refractivity contribution is 7.98. The van der Waals surface area contributed by atoms with Gasteiger partial charge in [0, 0.05) is 36.0 Å². The molecule has 1 amide bonds. The molecule has 0 aromatic heterocycles. The summed E-state index contributed by atoms with van der Waals surface area (Å²) in [6, 6.07) is 14.4. The van der Waals surface area contributed by atoms with E-state index in [2.05, 4.69) is 5.32 Å². The number of thioether (sulfide) groups is 1. The minimum Gasteiger partial charge on any atom is -0.331 e. The summed E-state index contributed by atoms with van der Waals surface area (Å²) in [4.78, 5) is 16.2. The summed E-state index contributed by atoms with van der Waals surface area (Å²) in [6.45, 7) is 2.52. The molecule has 2 heterocycles. The number of carbonyl (C=O) groups is 1. The van der Waals surface area contributed by atoms with Crippen LogP contribution in [0.1, 0.15) is 22.0 Å². The molecule has 0 saturated carbocycles. The highest BCUT2D eigenvalue weighted by Crippen LogP contribution is 2.43. The number of likely N-dealkylation sites (tertiary alicyclic amines) is 1. The molecule has 2 aliphatic rings. The number of carbonyl (C=O) groups excluding carboxylic acids is 1. The highest BCUT2D eigenvalue weighted by Gasteiger charge is 2.46. The van der Waals surface area contributed by atoms with E-state index < -0.39 is 0 Å². The van der Waals surface area contributed by atoms with E-state index in [-0.39, 0.29) is 30.2 Å². The number of rotatable bonds is 3. The predicted octanol–water partition coefficient (Wildman–Crippen LogP) is 4.00. The first kappa shape index (κ1) is 19.2. The van der Waals surface area contributed by atoms with Gasteiger partial charge in [-0.2, -0.15) is 0 Å². The van der Waals surface area contributed by atoms with E-state index in [0.29, 0.717) is 17.4 Å². The van der Waals surface area contributed by atoms with Crippen LogP contribution in [0.4, 0.5) is 4.39 Å². The summed E-state index contributed by atoms with van der Waals surface area (Å²) in [5.41, 5.74) is 1.60. The fourth-order valence-electron chi connectivity index (χ4n) is 4.17. The van der Waals surface area contributed by atoms with Gasteiger partial charge in [0.1, 0.15) is 5.82 Å². The van der Waals surface area contributed by atoms with Crippen molar-refractivity contribution in [3.8, 4) is 0 Å². The van der Waals surface area contributed by atoms with E-state index >= 15 is 0 Å². The number of nitrogens with one attached hydrogen (secondary N) is 1. The van der Waals surface area contributed by atoms with Crippen LogP contribution < -0.4 is 5.32 Å². The molecule has 4 rings (SSSR count). The second kappa shape index (κ2) is 7.99. The van der Waals surface area contributed by atoms with E-state index in [1.807, 2.05) is 41.5 Å². The van der Waals surface area contributed by atoms with Crippen LogP contribution in [0.2, 0.25) is 0 Å². The fraction of sp³-hybridized carbons (Fsp3) is 0.350. The van der Waals surface area contributed by atoms with Gasteiger partial charge in [-0.15, -0.1) is 24.2 Å². The van der Waals surface area contributed by atoms with Gasteiger partial charge in [0.25, 0.3) is 5.91 Å². The van der Waals surface area contributed by atoms with Crippen LogP contribution >= 0.6 is 24.2 Å². The molecule has 3 atom stereocenters. The van der Waals surface area contributed by atoms with E-state index in [4.69, 9.17) is 0 Å². The average molecular weight is 393 g/mol. The zero-order valence-corrected chi connectivity index (χ0v) is 16.2. The zero-order valence-electron chi connectivity index (χ0n) is 14.5. The van der Waals surface area contributed by atoms with Crippen molar-refractivity contribution in [1.82, 2.24) is 10.2 Å². The molecule has 6 heteroatoms. The molecule has 3 nitrogen and oxygen atoms in total. The Hall–Kier alpha value is -1.56. The monoisotopic (exact) mass is 392 g/mol. The summed E-state index contributed by atoms with van der Waals surface area (Å²) in [6.07, 6.45) is 2.01. The van der Waals surface area contributed by atoms with Crippen LogP contribution in [0.25, 0.3) is 0 Å². The summed E-state index contributed by atoms with van der Waals surface area (Å²) >= 11 is 1.63. The van der Waals surface area contributed by atoms with Crippen LogP contribution in [-0.4, -0.2) is 36.7 Å². The summed E-state index contributed by atoms with van der Waals surface area (Å²) < 4.78 is 13.8. The molecule has 0 unspecified atom stereocenters. The lowest BCUT2D eigenvalue weighted by Crippen LogP contribution is -2.34. The van der Waals surface area contributed by atoms with Gasteiger partial charge in [-0.05, 0) is 48.1 Å². The lowest BCUT2D eigenvalue weighted by molar-refractivity contribution is 0.0713. The van der Waals surface area contributed by atoms with Crippen molar-refractivity contribution >= 4 is 30.1 Å². The van der Waals surface area contributed by atoms with Crippen molar-refractivity contribution in [2.24, 2.45) is 11.8 Å². The molecule has 0 bridgehead atoms. The molecule has 2 aromatic carbocycles. The maximum absolute atomic E-state index is 13.8. The average Bonchev–Trinajstić information content (AvgIpc) is 3.22. The van der Waals surface area contributed by atoms with Crippen molar-refractivity contribution in [3.63, 3.8) is 0 Å². The smallest absolute Gasteiger partial charge is 0.254 e. The molecule has 1 N–H and O–H groups in total. The molecule has 26 heavy (non-hydrogen) atoms. The van der Waals surface area contributed by atoms with Crippen LogP contribution in [0.3, 0.4) is 0 Å². The molecule has 0 radical (unpaired) electrons. The van der Waals surface area contributed by atoms with Gasteiger partial charge in [-0.25, -0.2) is 4.39 Å². The van der Waals surface area contributed by atoms with E-state index in [1.54, 1.807) is 23.9 Å². The number of fused-ring (bicyclic) bond motifs is 1. The highest BCUT2D eigenvalue weighted by atomic mass is 35.5. The first-order chi connectivity index (χ1) is 12.2. The lowest BCUT2D eigenvalue weighted by atomic mass is 9.89. The molecule has 2 aliphatic heterocycles. The third-order valence-electron chi connectivity index (χ3n) is 5.33. The molecule has 138 valence electrons. The Kier molecular flexibility index (Phi) is 5.90. The maximum Gasteiger partial charge on any atom is 0.254 e. The third kappa shape index (κ3) is 3.48. The maximum atomic E-state index is 13.8. The normalized spacial score (nSPS) is 24.2. The minimum atomic E-state index is -0.247. The van der Waals surface area contributed by atoms with Crippen LogP contribution in [0.5, 0.6) is 0 Å². The van der Waals surface area contributed by atoms with Gasteiger partial charge in [-0.3, -0.25) is 4.79 Å². The SMILES string of the molecule is CSc1cccc(C(=O)N2C[C@@H]3CNC[C@@H]3[C@@H]2c2cccc(F)c2)c1.Cl. The van der Waals surface area contributed by atoms with Gasteiger partial charge in [0.15, 0.2) is 0 Å². The number of hydrogen-bond donors (Lipinski definition) is 1. The molecule has 2 fully saturated rings. The Morgan fingerprint density at radius 2 is 2.00 bits per heavy atom. The number of amides is 1. The standard InChI is InChI=1S/C20H21FN2OS.ClH/c1-25-17-7-3-5-14(9-17)20(24)23-12-15-10-22-11-18(15)19(23)13-4-2-6-16(21)8-13;/h2-9,15,18-19,22H,10-12H2,1H3;1H/t15-,18-,19-;/m0./s1. The number of nitrogens with zero attached hydrogens (tertiary/aromatic N) is 1. The topological polar surface area (TPSA) is 32.3 Å². The largest absolute Gasteiger partial charge is 0.331 e. The third-order valence-corrected chi connectivity index (χ3v) is 6.06. The van der Waals surface area contributed by atoms with Crippen molar-refractivity contribution in [2.45, 2.75) is 10.9 Å². The van der Waals surface area contributed by atoms with Gasteiger partial charge < -0.3 is 10.2 Å². The number of benzene rings is 2. The van der Waals surface area contributed by atoms with Crippen LogP contribution in [-0.2, 0) is 0 Å². The lowest BCUT2D eigenvalue weighted by Gasteiger charge is -2.28. The Balaban J connectivity index is 0.00000196. The summed E-state index contributed by atoms with van der Waals surface area (Å²) in [7, 11) is 0. The van der Waals surface area contributed by atoms with E-state index in [0.717, 1.165) is 30.1 Å². The second-order valence-corrected chi connectivity index (χ2v) is 7.65. The van der Waals surface area contributed by atoms with Gasteiger partial charge in [0.05, 0.1) is 6.04 Å². The van der Waals surface area contributed by atoms with Gasteiger partial charge in [0.2, 0.25) is 0 Å². The zero-order chi connectivity index (χ0) is 17.4. The Labute approximate surface area is 163 Å². The molecule has 0 spiro atoms. The minimum absolute atomic E-state index is 0. The van der Waals surface area contributed by atoms with Crippen LogP contribution in [0.15, 0.2) is 53.4 Å². The molecule has 0 aliphatic carbocycles. The molecule has 2 saturated heterocycles. The van der Waals surface area contributed by atoms with Crippen LogP contribution in [0, 0.1) is 17.7 Å². The Bertz CT molecular complexity index is 803. The van der Waals surface area contributed by atoms with Crippen molar-refractivity contribution < 1.29 is 9.18 Å². The van der Waals surface area contributed by atoms with Gasteiger partial charge in [-0.1, -0.05) is 18.2 Å². The quantitative estimate of drug-likeness (QED) is 0.801. The first-order valence-electron chi connectivity index (χ1n) is 8.58. The van der Waals surface area contributed by atoms with Gasteiger partial charge >= 0.3 is 0 Å². The second-order valence-electron chi connectivity index (χ2n) is 6.77. The predicted molar refractivity (Wildman–Crippen MR) is 105 cm³/mol. The molecular formula is C20H22ClFN2OS. The molecular weight excluding hydrogens is 371 g/mol. The van der Waals surface area contributed by atoms with Crippen molar-refractivity contribution in [3.05, 3.63) is 65.5 Å². The number of hydrogen-bond acceptors (Lipinski definition) is 3. The Morgan fingerprint density at radius 3 is 2.77 bits per heavy atom. The first-order valence-corrected chi connectivity index (χ1v) is 9.81. The number of halogens is 2.